The fourth-order valence-electron chi connectivity index (χ4n) is 0.986. The fraction of sp³-hybridized carbons (Fsp3) is 0.143. The molecule has 1 aromatic heterocycles. The van der Waals surface area contributed by atoms with Crippen molar-refractivity contribution in [3.8, 4) is 0 Å². The van der Waals surface area contributed by atoms with Crippen LogP contribution < -0.4 is 0 Å². The molecule has 0 saturated heterocycles. The van der Waals surface area contributed by atoms with Gasteiger partial charge in [0.15, 0.2) is 0 Å². The fourth-order valence-corrected chi connectivity index (χ4v) is 0.986. The average Bonchev–Trinajstić information content (AvgIpc) is 2.34. The van der Waals surface area contributed by atoms with Crippen molar-refractivity contribution in [2.24, 2.45) is 7.05 Å². The van der Waals surface area contributed by atoms with Crippen molar-refractivity contribution in [1.29, 1.82) is 0 Å². The Kier molecular flexibility index (Phi) is 4.00. The van der Waals surface area contributed by atoms with Crippen molar-refractivity contribution in [3.05, 3.63) is 24.3 Å². The number of aryl methyl sites for hydroxylation is 1. The lowest BCUT2D eigenvalue weighted by molar-refractivity contribution is 0.736. The van der Waals surface area contributed by atoms with Crippen LogP contribution in [-0.4, -0.2) is 15.0 Å². The maximum absolute atomic E-state index is 3.93. The van der Waals surface area contributed by atoms with E-state index in [1.165, 1.54) is 0 Å². The highest BCUT2D eigenvalue weighted by Crippen LogP contribution is 2.06. The summed E-state index contributed by atoms with van der Waals surface area (Å²) in [5, 5.41) is 7.79. The molecule has 0 fully saturated rings. The molecule has 0 radical (unpaired) electrons. The quantitative estimate of drug-likeness (QED) is 0.658. The SMILES string of the molecule is Cl.Cl.Cn1nnc2ccccc21. The summed E-state index contributed by atoms with van der Waals surface area (Å²) < 4.78 is 1.76. The summed E-state index contributed by atoms with van der Waals surface area (Å²) in [5.41, 5.74) is 2.02. The molecule has 0 amide bonds. The van der Waals surface area contributed by atoms with Gasteiger partial charge in [0.25, 0.3) is 0 Å². The van der Waals surface area contributed by atoms with Crippen LogP contribution in [0.3, 0.4) is 0 Å². The Balaban J connectivity index is 0.000000605. The van der Waals surface area contributed by atoms with E-state index in [4.69, 9.17) is 0 Å². The maximum atomic E-state index is 3.93. The van der Waals surface area contributed by atoms with Gasteiger partial charge >= 0.3 is 0 Å². The number of hydrogen-bond acceptors (Lipinski definition) is 2. The summed E-state index contributed by atoms with van der Waals surface area (Å²) in [6.07, 6.45) is 0. The molecular weight excluding hydrogens is 197 g/mol. The van der Waals surface area contributed by atoms with E-state index in [0.29, 0.717) is 0 Å². The minimum atomic E-state index is 0. The third-order valence-electron chi connectivity index (χ3n) is 1.52. The topological polar surface area (TPSA) is 30.7 Å². The predicted octanol–water partition coefficient (Wildman–Crippen LogP) is 1.81. The molecule has 66 valence electrons. The molecule has 1 heterocycles. The summed E-state index contributed by atoms with van der Waals surface area (Å²) in [7, 11) is 1.88. The summed E-state index contributed by atoms with van der Waals surface area (Å²) in [4.78, 5) is 0. The monoisotopic (exact) mass is 205 g/mol. The Morgan fingerprint density at radius 1 is 1.17 bits per heavy atom. The lowest BCUT2D eigenvalue weighted by atomic mass is 10.3. The first-order valence-electron chi connectivity index (χ1n) is 3.12. The summed E-state index contributed by atoms with van der Waals surface area (Å²) in [6.45, 7) is 0. The van der Waals surface area contributed by atoms with Crippen LogP contribution in [0.2, 0.25) is 0 Å². The Hall–Kier alpha value is -0.800. The van der Waals surface area contributed by atoms with Crippen LogP contribution >= 0.6 is 24.8 Å². The number of para-hydroxylation sites is 1. The van der Waals surface area contributed by atoms with Crippen LogP contribution in [0.15, 0.2) is 24.3 Å². The number of benzene rings is 1. The second kappa shape index (κ2) is 4.28. The van der Waals surface area contributed by atoms with Gasteiger partial charge in [0, 0.05) is 7.05 Å². The standard InChI is InChI=1S/C7H7N3.2ClH/c1-10-7-5-3-2-4-6(7)8-9-10;;/h2-5H,1H3;2*1H. The van der Waals surface area contributed by atoms with Gasteiger partial charge < -0.3 is 0 Å². The van der Waals surface area contributed by atoms with Crippen LogP contribution in [0.25, 0.3) is 11.0 Å². The number of aromatic nitrogens is 3. The molecule has 2 rings (SSSR count). The van der Waals surface area contributed by atoms with E-state index in [0.717, 1.165) is 11.0 Å². The first kappa shape index (κ1) is 11.2. The third-order valence-corrected chi connectivity index (χ3v) is 1.52. The summed E-state index contributed by atoms with van der Waals surface area (Å²) in [5.74, 6) is 0. The van der Waals surface area contributed by atoms with Crippen molar-refractivity contribution in [1.82, 2.24) is 15.0 Å². The normalized spacial score (nSPS) is 8.75. The number of nitrogens with zero attached hydrogens (tertiary/aromatic N) is 3. The molecule has 0 unspecified atom stereocenters. The number of halogens is 2. The van der Waals surface area contributed by atoms with Gasteiger partial charge in [-0.1, -0.05) is 17.3 Å². The van der Waals surface area contributed by atoms with Crippen molar-refractivity contribution >= 4 is 35.8 Å². The Morgan fingerprint density at radius 2 is 1.83 bits per heavy atom. The van der Waals surface area contributed by atoms with E-state index in [2.05, 4.69) is 10.3 Å². The van der Waals surface area contributed by atoms with E-state index < -0.39 is 0 Å². The van der Waals surface area contributed by atoms with Crippen molar-refractivity contribution < 1.29 is 0 Å². The molecule has 0 bridgehead atoms. The molecule has 0 atom stereocenters. The van der Waals surface area contributed by atoms with Crippen LogP contribution in [-0.2, 0) is 7.05 Å². The van der Waals surface area contributed by atoms with Crippen LogP contribution in [0.5, 0.6) is 0 Å². The highest BCUT2D eigenvalue weighted by molar-refractivity contribution is 5.85. The predicted molar refractivity (Wildman–Crippen MR) is 53.0 cm³/mol. The van der Waals surface area contributed by atoms with Gasteiger partial charge in [-0.05, 0) is 12.1 Å². The number of rotatable bonds is 0. The second-order valence-corrected chi connectivity index (χ2v) is 2.20. The molecule has 3 nitrogen and oxygen atoms in total. The minimum absolute atomic E-state index is 0. The first-order valence-corrected chi connectivity index (χ1v) is 3.12. The Labute approximate surface area is 82.6 Å². The van der Waals surface area contributed by atoms with Crippen LogP contribution in [0.1, 0.15) is 0 Å². The van der Waals surface area contributed by atoms with Crippen LogP contribution in [0.4, 0.5) is 0 Å². The molecule has 0 N–H and O–H groups in total. The van der Waals surface area contributed by atoms with Crippen molar-refractivity contribution in [3.63, 3.8) is 0 Å². The van der Waals surface area contributed by atoms with E-state index in [1.807, 2.05) is 31.3 Å². The zero-order chi connectivity index (χ0) is 6.97. The molecule has 0 saturated carbocycles. The second-order valence-electron chi connectivity index (χ2n) is 2.20. The molecule has 0 aliphatic carbocycles. The van der Waals surface area contributed by atoms with Crippen molar-refractivity contribution in [2.75, 3.05) is 0 Å². The van der Waals surface area contributed by atoms with E-state index in [-0.39, 0.29) is 24.8 Å². The van der Waals surface area contributed by atoms with Crippen LogP contribution in [0, 0.1) is 0 Å². The molecule has 0 spiro atoms. The first-order chi connectivity index (χ1) is 4.88. The maximum Gasteiger partial charge on any atom is 0.113 e. The van der Waals surface area contributed by atoms with Gasteiger partial charge in [-0.25, -0.2) is 4.68 Å². The van der Waals surface area contributed by atoms with Gasteiger partial charge in [-0.15, -0.1) is 29.9 Å². The van der Waals surface area contributed by atoms with Crippen molar-refractivity contribution in [2.45, 2.75) is 0 Å². The smallest absolute Gasteiger partial charge is 0.113 e. The lowest BCUT2D eigenvalue weighted by Crippen LogP contribution is -1.88. The molecule has 2 aromatic rings. The molecule has 5 heteroatoms. The van der Waals surface area contributed by atoms with Gasteiger partial charge in [-0.3, -0.25) is 0 Å². The molecule has 1 aromatic carbocycles. The molecule has 0 aliphatic rings. The molecule has 0 aliphatic heterocycles. The summed E-state index contributed by atoms with van der Waals surface area (Å²) >= 11 is 0. The third kappa shape index (κ3) is 1.68. The molecule has 12 heavy (non-hydrogen) atoms. The highest BCUT2D eigenvalue weighted by atomic mass is 35.5. The van der Waals surface area contributed by atoms with Gasteiger partial charge in [-0.2, -0.15) is 0 Å². The molecular formula is C7H9Cl2N3. The number of fused-ring (bicyclic) bond motifs is 1. The Morgan fingerprint density at radius 3 is 2.50 bits per heavy atom. The van der Waals surface area contributed by atoms with E-state index in [9.17, 15) is 0 Å². The number of hydrogen-bond donors (Lipinski definition) is 0. The lowest BCUT2D eigenvalue weighted by Gasteiger charge is -1.87. The van der Waals surface area contributed by atoms with E-state index in [1.54, 1.807) is 4.68 Å². The Bertz CT molecular complexity index is 358. The van der Waals surface area contributed by atoms with Gasteiger partial charge in [0.2, 0.25) is 0 Å². The summed E-state index contributed by atoms with van der Waals surface area (Å²) in [6, 6.07) is 7.88. The van der Waals surface area contributed by atoms with E-state index >= 15 is 0 Å². The highest BCUT2D eigenvalue weighted by Gasteiger charge is 1.95. The zero-order valence-electron chi connectivity index (χ0n) is 6.47. The average molecular weight is 206 g/mol. The minimum Gasteiger partial charge on any atom is -0.248 e. The van der Waals surface area contributed by atoms with Gasteiger partial charge in [0.1, 0.15) is 5.52 Å². The zero-order valence-corrected chi connectivity index (χ0v) is 8.10. The van der Waals surface area contributed by atoms with Gasteiger partial charge in [0.05, 0.1) is 5.52 Å². The largest absolute Gasteiger partial charge is 0.248 e.